The van der Waals surface area contributed by atoms with E-state index in [1.165, 1.54) is 0 Å². The van der Waals surface area contributed by atoms with Gasteiger partial charge in [-0.05, 0) is 38.9 Å². The average molecular weight is 288 g/mol. The molecule has 20 heavy (non-hydrogen) atoms. The van der Waals surface area contributed by atoms with Crippen LogP contribution in [0.4, 0.5) is 13.2 Å². The standard InChI is InChI=1S/C12H15F3N4O/c13-12(14,15)11-18-17-10(20-11)9-3-7-19(8-4-9)6-2-1-5-16/h9H,1-4,6-8H2. The van der Waals surface area contributed by atoms with Crippen molar-refractivity contribution in [3.05, 3.63) is 11.8 Å². The number of piperidine rings is 1. The fourth-order valence-corrected chi connectivity index (χ4v) is 2.30. The molecule has 1 aromatic rings. The van der Waals surface area contributed by atoms with Crippen LogP contribution in [0, 0.1) is 11.3 Å². The largest absolute Gasteiger partial charge is 0.470 e. The molecule has 0 aliphatic carbocycles. The van der Waals surface area contributed by atoms with Crippen molar-refractivity contribution in [2.45, 2.75) is 37.8 Å². The summed E-state index contributed by atoms with van der Waals surface area (Å²) in [4.78, 5) is 2.20. The van der Waals surface area contributed by atoms with Crippen LogP contribution in [0.3, 0.4) is 0 Å². The third-order valence-electron chi connectivity index (χ3n) is 3.38. The van der Waals surface area contributed by atoms with Crippen molar-refractivity contribution < 1.29 is 17.6 Å². The fourth-order valence-electron chi connectivity index (χ4n) is 2.30. The predicted octanol–water partition coefficient (Wildman–Crippen LogP) is 2.57. The fraction of sp³-hybridized carbons (Fsp3) is 0.750. The Morgan fingerprint density at radius 1 is 1.30 bits per heavy atom. The van der Waals surface area contributed by atoms with Crippen LogP contribution >= 0.6 is 0 Å². The Hall–Kier alpha value is -1.62. The Balaban J connectivity index is 1.85. The van der Waals surface area contributed by atoms with E-state index in [1.807, 2.05) is 0 Å². The lowest BCUT2D eigenvalue weighted by molar-refractivity contribution is -0.157. The Morgan fingerprint density at radius 3 is 2.55 bits per heavy atom. The second-order valence-electron chi connectivity index (χ2n) is 4.82. The van der Waals surface area contributed by atoms with Crippen molar-refractivity contribution in [2.24, 2.45) is 0 Å². The Labute approximate surface area is 114 Å². The maximum Gasteiger partial charge on any atom is 0.470 e. The molecule has 1 fully saturated rings. The highest BCUT2D eigenvalue weighted by molar-refractivity contribution is 4.96. The number of likely N-dealkylation sites (tertiary alicyclic amines) is 1. The molecule has 0 N–H and O–H groups in total. The Bertz CT molecular complexity index is 472. The van der Waals surface area contributed by atoms with Crippen LogP contribution in [-0.2, 0) is 6.18 Å². The van der Waals surface area contributed by atoms with Crippen molar-refractivity contribution in [3.8, 4) is 6.07 Å². The number of unbranched alkanes of at least 4 members (excludes halogenated alkanes) is 1. The van der Waals surface area contributed by atoms with E-state index in [4.69, 9.17) is 9.68 Å². The van der Waals surface area contributed by atoms with Gasteiger partial charge in [0.2, 0.25) is 5.89 Å². The quantitative estimate of drug-likeness (QED) is 0.797. The van der Waals surface area contributed by atoms with Gasteiger partial charge in [0.05, 0.1) is 6.07 Å². The number of alkyl halides is 3. The minimum Gasteiger partial charge on any atom is -0.417 e. The highest BCUT2D eigenvalue weighted by Gasteiger charge is 2.39. The molecule has 0 spiro atoms. The van der Waals surface area contributed by atoms with Crippen molar-refractivity contribution in [1.82, 2.24) is 15.1 Å². The van der Waals surface area contributed by atoms with Crippen LogP contribution in [0.1, 0.15) is 43.4 Å². The first-order valence-corrected chi connectivity index (χ1v) is 6.50. The van der Waals surface area contributed by atoms with Gasteiger partial charge >= 0.3 is 12.1 Å². The van der Waals surface area contributed by atoms with Gasteiger partial charge in [0.15, 0.2) is 0 Å². The van der Waals surface area contributed by atoms with Crippen LogP contribution in [-0.4, -0.2) is 34.7 Å². The maximum atomic E-state index is 12.4. The summed E-state index contributed by atoms with van der Waals surface area (Å²) in [5.41, 5.74) is 0. The molecule has 0 saturated carbocycles. The zero-order valence-corrected chi connectivity index (χ0v) is 10.9. The van der Waals surface area contributed by atoms with E-state index in [-0.39, 0.29) is 11.8 Å². The van der Waals surface area contributed by atoms with Crippen LogP contribution in [0.5, 0.6) is 0 Å². The molecule has 2 heterocycles. The molecule has 0 radical (unpaired) electrons. The minimum atomic E-state index is -4.58. The SMILES string of the molecule is N#CCCCN1CCC(c2nnc(C(F)(F)F)o2)CC1. The van der Waals surface area contributed by atoms with E-state index in [0.717, 1.165) is 26.1 Å². The second kappa shape index (κ2) is 6.22. The van der Waals surface area contributed by atoms with Crippen LogP contribution in [0.2, 0.25) is 0 Å². The molecule has 110 valence electrons. The second-order valence-corrected chi connectivity index (χ2v) is 4.82. The Kier molecular flexibility index (Phi) is 4.60. The first kappa shape index (κ1) is 14.8. The number of rotatable bonds is 4. The monoisotopic (exact) mass is 288 g/mol. The van der Waals surface area contributed by atoms with E-state index >= 15 is 0 Å². The highest BCUT2D eigenvalue weighted by Crippen LogP contribution is 2.32. The first-order valence-electron chi connectivity index (χ1n) is 6.50. The van der Waals surface area contributed by atoms with E-state index in [0.29, 0.717) is 19.3 Å². The summed E-state index contributed by atoms with van der Waals surface area (Å²) in [5.74, 6) is -1.30. The number of halogens is 3. The lowest BCUT2D eigenvalue weighted by atomic mass is 9.97. The lowest BCUT2D eigenvalue weighted by Crippen LogP contribution is -2.33. The third-order valence-corrected chi connectivity index (χ3v) is 3.38. The smallest absolute Gasteiger partial charge is 0.417 e. The molecule has 1 saturated heterocycles. The lowest BCUT2D eigenvalue weighted by Gasteiger charge is -2.30. The third kappa shape index (κ3) is 3.70. The zero-order chi connectivity index (χ0) is 14.6. The normalized spacial score (nSPS) is 18.1. The van der Waals surface area contributed by atoms with E-state index in [9.17, 15) is 13.2 Å². The molecule has 0 aromatic carbocycles. The molecular weight excluding hydrogens is 273 g/mol. The summed E-state index contributed by atoms with van der Waals surface area (Å²) >= 11 is 0. The highest BCUT2D eigenvalue weighted by atomic mass is 19.4. The van der Waals surface area contributed by atoms with Crippen molar-refractivity contribution in [1.29, 1.82) is 5.26 Å². The number of nitrogens with zero attached hydrogens (tertiary/aromatic N) is 4. The summed E-state index contributed by atoms with van der Waals surface area (Å²) in [5, 5.41) is 15.0. The summed E-state index contributed by atoms with van der Waals surface area (Å²) < 4.78 is 41.8. The number of nitriles is 1. The average Bonchev–Trinajstić information content (AvgIpc) is 2.89. The van der Waals surface area contributed by atoms with Gasteiger partial charge < -0.3 is 9.32 Å². The van der Waals surface area contributed by atoms with Gasteiger partial charge in [-0.2, -0.15) is 18.4 Å². The molecule has 2 rings (SSSR count). The van der Waals surface area contributed by atoms with Crippen molar-refractivity contribution >= 4 is 0 Å². The zero-order valence-electron chi connectivity index (χ0n) is 10.9. The van der Waals surface area contributed by atoms with Gasteiger partial charge in [0, 0.05) is 12.3 Å². The minimum absolute atomic E-state index is 0.0778. The van der Waals surface area contributed by atoms with Crippen LogP contribution in [0.25, 0.3) is 0 Å². The summed E-state index contributed by atoms with van der Waals surface area (Å²) in [6, 6.07) is 2.09. The number of hydrogen-bond acceptors (Lipinski definition) is 5. The van der Waals surface area contributed by atoms with Gasteiger partial charge in [-0.25, -0.2) is 0 Å². The maximum absolute atomic E-state index is 12.4. The van der Waals surface area contributed by atoms with Crippen LogP contribution in [0.15, 0.2) is 4.42 Å². The van der Waals surface area contributed by atoms with E-state index in [2.05, 4.69) is 21.2 Å². The van der Waals surface area contributed by atoms with Gasteiger partial charge in [-0.3, -0.25) is 0 Å². The topological polar surface area (TPSA) is 66.0 Å². The van der Waals surface area contributed by atoms with E-state index in [1.54, 1.807) is 0 Å². The van der Waals surface area contributed by atoms with Crippen molar-refractivity contribution in [3.63, 3.8) is 0 Å². The molecule has 5 nitrogen and oxygen atoms in total. The molecule has 0 unspecified atom stereocenters. The molecule has 0 bridgehead atoms. The van der Waals surface area contributed by atoms with Gasteiger partial charge in [-0.15, -0.1) is 10.2 Å². The first-order chi connectivity index (χ1) is 9.50. The molecule has 1 aliphatic heterocycles. The van der Waals surface area contributed by atoms with Gasteiger partial charge in [0.1, 0.15) is 0 Å². The molecule has 0 atom stereocenters. The van der Waals surface area contributed by atoms with Gasteiger partial charge in [0.25, 0.3) is 0 Å². The Morgan fingerprint density at radius 2 is 2.00 bits per heavy atom. The molecule has 1 aliphatic rings. The summed E-state index contributed by atoms with van der Waals surface area (Å²) in [6.45, 7) is 2.40. The van der Waals surface area contributed by atoms with Crippen molar-refractivity contribution in [2.75, 3.05) is 19.6 Å². The number of hydrogen-bond donors (Lipinski definition) is 0. The molecular formula is C12H15F3N4O. The molecule has 1 aromatic heterocycles. The van der Waals surface area contributed by atoms with Crippen LogP contribution < -0.4 is 0 Å². The summed E-state index contributed by atoms with van der Waals surface area (Å²) in [6.07, 6.45) is -1.83. The molecule has 0 amide bonds. The number of aromatic nitrogens is 2. The van der Waals surface area contributed by atoms with Gasteiger partial charge in [-0.1, -0.05) is 0 Å². The van der Waals surface area contributed by atoms with E-state index < -0.39 is 12.1 Å². The summed E-state index contributed by atoms with van der Waals surface area (Å²) in [7, 11) is 0. The predicted molar refractivity (Wildman–Crippen MR) is 62.6 cm³/mol. The molecule has 8 heteroatoms.